The van der Waals surface area contributed by atoms with Crippen LogP contribution in [0.5, 0.6) is 0 Å². The second-order valence-electron chi connectivity index (χ2n) is 11.1. The van der Waals surface area contributed by atoms with Gasteiger partial charge < -0.3 is 20.3 Å². The smallest absolute Gasteiger partial charge is 0.393 e. The summed E-state index contributed by atoms with van der Waals surface area (Å²) >= 11 is 0. The summed E-state index contributed by atoms with van der Waals surface area (Å²) < 4.78 is 68.6. The van der Waals surface area contributed by atoms with E-state index in [-0.39, 0.29) is 17.3 Å². The van der Waals surface area contributed by atoms with Crippen LogP contribution in [0.1, 0.15) is 52.9 Å². The van der Waals surface area contributed by atoms with Crippen LogP contribution < -0.4 is 5.32 Å². The zero-order valence-corrected chi connectivity index (χ0v) is 20.7. The summed E-state index contributed by atoms with van der Waals surface area (Å²) in [5, 5.41) is 22.7. The molecule has 2 fully saturated rings. The zero-order valence-electron chi connectivity index (χ0n) is 20.7. The van der Waals surface area contributed by atoms with Crippen LogP contribution in [0, 0.1) is 22.7 Å². The third-order valence-electron chi connectivity index (χ3n) is 9.12. The fourth-order valence-electron chi connectivity index (χ4n) is 6.95. The summed E-state index contributed by atoms with van der Waals surface area (Å²) in [6.07, 6.45) is 2.13. The third kappa shape index (κ3) is 4.43. The van der Waals surface area contributed by atoms with Gasteiger partial charge in [0.2, 0.25) is 5.91 Å². The van der Waals surface area contributed by atoms with Crippen LogP contribution >= 0.6 is 0 Å². The van der Waals surface area contributed by atoms with Crippen LogP contribution in [0.4, 0.5) is 22.0 Å². The van der Waals surface area contributed by atoms with E-state index in [0.29, 0.717) is 12.8 Å². The van der Waals surface area contributed by atoms with Gasteiger partial charge in [0.25, 0.3) is 0 Å². The number of alkyl halides is 5. The number of carbonyl (C=O) groups excluding carboxylic acids is 1. The first-order chi connectivity index (χ1) is 16.6. The van der Waals surface area contributed by atoms with Crippen molar-refractivity contribution in [2.75, 3.05) is 13.2 Å². The van der Waals surface area contributed by atoms with Crippen LogP contribution in [-0.4, -0.2) is 59.7 Å². The average molecular weight is 520 g/mol. The van der Waals surface area contributed by atoms with Gasteiger partial charge in [-0.2, -0.15) is 22.0 Å². The van der Waals surface area contributed by atoms with Gasteiger partial charge in [0.1, 0.15) is 6.61 Å². The summed E-state index contributed by atoms with van der Waals surface area (Å²) in [6.45, 7) is 3.52. The molecular weight excluding hydrogens is 485 g/mol. The van der Waals surface area contributed by atoms with E-state index in [4.69, 9.17) is 4.74 Å². The zero-order chi connectivity index (χ0) is 26.7. The van der Waals surface area contributed by atoms with Gasteiger partial charge in [-0.15, -0.1) is 0 Å². The molecule has 0 saturated heterocycles. The molecule has 4 rings (SSSR count). The van der Waals surface area contributed by atoms with Gasteiger partial charge in [-0.05, 0) is 55.4 Å². The minimum absolute atomic E-state index is 0.156. The van der Waals surface area contributed by atoms with E-state index in [9.17, 15) is 37.0 Å². The van der Waals surface area contributed by atoms with Gasteiger partial charge in [0, 0.05) is 11.8 Å². The van der Waals surface area contributed by atoms with Gasteiger partial charge in [-0.25, -0.2) is 0 Å². The van der Waals surface area contributed by atoms with Crippen molar-refractivity contribution in [1.29, 1.82) is 0 Å². The van der Waals surface area contributed by atoms with E-state index in [0.717, 1.165) is 30.4 Å². The minimum Gasteiger partial charge on any atom is -0.393 e. The lowest BCUT2D eigenvalue weighted by molar-refractivity contribution is -0.278. The number of nitrogens with one attached hydrogen (secondary N) is 1. The maximum Gasteiger partial charge on any atom is 0.455 e. The van der Waals surface area contributed by atoms with Gasteiger partial charge in [-0.3, -0.25) is 4.79 Å². The molecule has 0 spiro atoms. The number of hydrogen-bond acceptors (Lipinski definition) is 4. The Morgan fingerprint density at radius 1 is 1.19 bits per heavy atom. The molecule has 3 N–H and O–H groups in total. The SMILES string of the molecule is C[C@H](OCC(=O)NCC(F)(F)C(F)(F)F)C1=CC[C@H]2C3=CC=C4C[C@@H](O)C[C@H](O)[C@]4(C)[C@H]3CC[C@]12C. The molecule has 0 aromatic rings. The molecule has 4 aliphatic rings. The standard InChI is InChI=1S/C26H34F5NO4/c1-14(36-12-22(35)32-13-25(27,28)26(29,30)31)18-6-7-19-17-5-4-15-10-16(33)11-21(34)24(15,3)20(17)8-9-23(18,19)2/h4-6,14,16,19-21,33-34H,7-13H2,1-3H3,(H,32,35)/t14-,16+,19-,20-,21-,23+,24-/m0/s1. The number of fused-ring (bicyclic) bond motifs is 5. The first-order valence-corrected chi connectivity index (χ1v) is 12.4. The largest absolute Gasteiger partial charge is 0.455 e. The first-order valence-electron chi connectivity index (χ1n) is 12.4. The highest BCUT2D eigenvalue weighted by molar-refractivity contribution is 5.77. The number of amides is 1. The number of allylic oxidation sites excluding steroid dienone is 4. The van der Waals surface area contributed by atoms with E-state index < -0.39 is 54.9 Å². The Hall–Kier alpha value is -1.78. The van der Waals surface area contributed by atoms with Crippen molar-refractivity contribution in [3.8, 4) is 0 Å². The predicted molar refractivity (Wildman–Crippen MR) is 122 cm³/mol. The molecule has 4 aliphatic carbocycles. The van der Waals surface area contributed by atoms with E-state index in [1.807, 2.05) is 6.08 Å². The quantitative estimate of drug-likeness (QED) is 0.358. The number of ether oxygens (including phenoxy) is 1. The highest BCUT2D eigenvalue weighted by Gasteiger charge is 2.58. The number of carbonyl (C=O) groups is 1. The molecule has 202 valence electrons. The van der Waals surface area contributed by atoms with Gasteiger partial charge in [0.15, 0.2) is 0 Å². The van der Waals surface area contributed by atoms with Crippen molar-refractivity contribution in [2.45, 2.75) is 83.3 Å². The molecule has 0 heterocycles. The van der Waals surface area contributed by atoms with Crippen LogP contribution in [0.15, 0.2) is 34.9 Å². The Morgan fingerprint density at radius 3 is 2.56 bits per heavy atom. The van der Waals surface area contributed by atoms with Gasteiger partial charge in [-0.1, -0.05) is 43.2 Å². The molecule has 0 aromatic heterocycles. The summed E-state index contributed by atoms with van der Waals surface area (Å²) in [4.78, 5) is 11.9. The van der Waals surface area contributed by atoms with Gasteiger partial charge in [0.05, 0.1) is 24.9 Å². The average Bonchev–Trinajstić information content (AvgIpc) is 3.13. The van der Waals surface area contributed by atoms with Crippen LogP contribution in [0.3, 0.4) is 0 Å². The first kappa shape index (κ1) is 27.3. The van der Waals surface area contributed by atoms with Crippen LogP contribution in [0.2, 0.25) is 0 Å². The fraction of sp³-hybridized carbons (Fsp3) is 0.731. The normalized spacial score (nSPS) is 37.1. The second kappa shape index (κ2) is 9.20. The van der Waals surface area contributed by atoms with Crippen molar-refractivity contribution in [3.05, 3.63) is 34.9 Å². The number of aliphatic hydroxyl groups is 2. The number of halogens is 5. The van der Waals surface area contributed by atoms with Crippen molar-refractivity contribution < 1.29 is 41.7 Å². The molecule has 0 radical (unpaired) electrons. The van der Waals surface area contributed by atoms with Crippen LogP contribution in [0.25, 0.3) is 0 Å². The molecular formula is C26H34F5NO4. The number of aliphatic hydroxyl groups excluding tert-OH is 2. The second-order valence-corrected chi connectivity index (χ2v) is 11.1. The van der Waals surface area contributed by atoms with Crippen LogP contribution in [-0.2, 0) is 9.53 Å². The molecule has 2 saturated carbocycles. The van der Waals surface area contributed by atoms with E-state index in [1.165, 1.54) is 5.57 Å². The topological polar surface area (TPSA) is 78.8 Å². The van der Waals surface area contributed by atoms with Crippen molar-refractivity contribution >= 4 is 5.91 Å². The van der Waals surface area contributed by atoms with E-state index in [2.05, 4.69) is 26.0 Å². The minimum atomic E-state index is -5.74. The van der Waals surface area contributed by atoms with E-state index in [1.54, 1.807) is 12.2 Å². The molecule has 5 nitrogen and oxygen atoms in total. The summed E-state index contributed by atoms with van der Waals surface area (Å²) in [6, 6.07) is 0. The number of hydrogen-bond donors (Lipinski definition) is 3. The van der Waals surface area contributed by atoms with Gasteiger partial charge >= 0.3 is 12.1 Å². The predicted octanol–water partition coefficient (Wildman–Crippen LogP) is 4.46. The lowest BCUT2D eigenvalue weighted by Gasteiger charge is -2.56. The fourth-order valence-corrected chi connectivity index (χ4v) is 6.95. The Balaban J connectivity index is 1.41. The Morgan fingerprint density at radius 2 is 1.89 bits per heavy atom. The number of rotatable bonds is 6. The Bertz CT molecular complexity index is 989. The maximum absolute atomic E-state index is 13.1. The molecule has 0 aliphatic heterocycles. The molecule has 0 aromatic carbocycles. The maximum atomic E-state index is 13.1. The third-order valence-corrected chi connectivity index (χ3v) is 9.12. The van der Waals surface area contributed by atoms with Crippen molar-refractivity contribution in [2.24, 2.45) is 22.7 Å². The monoisotopic (exact) mass is 519 g/mol. The van der Waals surface area contributed by atoms with E-state index >= 15 is 0 Å². The summed E-state index contributed by atoms with van der Waals surface area (Å²) in [5.41, 5.74) is 2.64. The lowest BCUT2D eigenvalue weighted by atomic mass is 9.49. The molecule has 36 heavy (non-hydrogen) atoms. The lowest BCUT2D eigenvalue weighted by Crippen LogP contribution is -2.52. The molecule has 7 atom stereocenters. The highest BCUT2D eigenvalue weighted by atomic mass is 19.4. The molecule has 10 heteroatoms. The Labute approximate surface area is 207 Å². The molecule has 1 amide bonds. The summed E-state index contributed by atoms with van der Waals surface area (Å²) in [7, 11) is 0. The molecule has 0 bridgehead atoms. The van der Waals surface area contributed by atoms with Crippen molar-refractivity contribution in [1.82, 2.24) is 5.32 Å². The Kier molecular flexibility index (Phi) is 6.97. The van der Waals surface area contributed by atoms with Crippen molar-refractivity contribution in [3.63, 3.8) is 0 Å². The molecule has 0 unspecified atom stereocenters. The summed E-state index contributed by atoms with van der Waals surface area (Å²) in [5.74, 6) is -5.72. The highest BCUT2D eigenvalue weighted by Crippen LogP contribution is 2.64.